The van der Waals surface area contributed by atoms with Crippen LogP contribution < -0.4 is 0 Å². The molecule has 2 aromatic carbocycles. The van der Waals surface area contributed by atoms with Crippen molar-refractivity contribution < 1.29 is 9.59 Å². The molecule has 0 bridgehead atoms. The van der Waals surface area contributed by atoms with Crippen LogP contribution in [0, 0.1) is 0 Å². The monoisotopic (exact) mass is 488 g/mol. The molecule has 0 N–H and O–H groups in total. The van der Waals surface area contributed by atoms with Gasteiger partial charge in [-0.25, -0.2) is 0 Å². The molecule has 0 saturated heterocycles. The van der Waals surface area contributed by atoms with Crippen molar-refractivity contribution in [1.82, 2.24) is 0 Å². The molecule has 0 atom stereocenters. The number of carbonyl (C=O) groups is 2. The van der Waals surface area contributed by atoms with Crippen molar-refractivity contribution in [3.05, 3.63) is 71.8 Å². The minimum atomic E-state index is -2.46. The van der Waals surface area contributed by atoms with Crippen molar-refractivity contribution in [2.24, 2.45) is 0 Å². The van der Waals surface area contributed by atoms with Crippen molar-refractivity contribution in [3.8, 4) is 0 Å². The van der Waals surface area contributed by atoms with Gasteiger partial charge >= 0.3 is 170 Å². The Labute approximate surface area is 169 Å². The van der Waals surface area contributed by atoms with Crippen molar-refractivity contribution in [3.63, 3.8) is 0 Å². The number of rotatable bonds is 10. The molecule has 4 heteroatoms. The van der Waals surface area contributed by atoms with E-state index in [1.807, 2.05) is 60.7 Å². The molecule has 0 aromatic heterocycles. The predicted octanol–water partition coefficient (Wildman–Crippen LogP) is 6.42. The van der Waals surface area contributed by atoms with Gasteiger partial charge < -0.3 is 0 Å². The Morgan fingerprint density at radius 2 is 0.926 bits per heavy atom. The summed E-state index contributed by atoms with van der Waals surface area (Å²) >= 11 is -4.92. The molecule has 0 aliphatic heterocycles. The zero-order valence-electron chi connectivity index (χ0n) is 17.1. The van der Waals surface area contributed by atoms with Crippen LogP contribution in [0.3, 0.4) is 0 Å². The average molecular weight is 486 g/mol. The molecule has 0 aliphatic rings. The van der Waals surface area contributed by atoms with Crippen LogP contribution in [0.4, 0.5) is 0 Å². The molecule has 0 amide bonds. The Morgan fingerprint density at radius 1 is 0.593 bits per heavy atom. The summed E-state index contributed by atoms with van der Waals surface area (Å²) in [4.78, 5) is 25.6. The summed E-state index contributed by atoms with van der Waals surface area (Å²) < 4.78 is 0.820. The van der Waals surface area contributed by atoms with Crippen molar-refractivity contribution in [2.45, 2.75) is 52.8 Å². The summed E-state index contributed by atoms with van der Waals surface area (Å²) in [6.07, 6.45) is 3.36. The Bertz CT molecular complexity index is 687. The Morgan fingerprint density at radius 3 is 1.26 bits per heavy atom. The maximum absolute atomic E-state index is 12.8. The Hall–Kier alpha value is -1.13. The summed E-state index contributed by atoms with van der Waals surface area (Å²) in [5, 5.41) is 2.15. The van der Waals surface area contributed by atoms with Gasteiger partial charge in [0.15, 0.2) is 0 Å². The van der Waals surface area contributed by atoms with Gasteiger partial charge in [-0.1, -0.05) is 0 Å². The third-order valence-electron chi connectivity index (χ3n) is 5.40. The topological polar surface area (TPSA) is 34.1 Å². The summed E-state index contributed by atoms with van der Waals surface area (Å²) in [6, 6.07) is 19.5. The molecule has 0 saturated carbocycles. The zero-order valence-corrected chi connectivity index (χ0v) is 21.3. The van der Waals surface area contributed by atoms with Gasteiger partial charge in [-0.3, -0.25) is 0 Å². The van der Waals surface area contributed by atoms with Crippen LogP contribution in [0.25, 0.3) is 0 Å². The first kappa shape index (κ1) is 22.2. The minimum absolute atomic E-state index is 0.410. The quantitative estimate of drug-likeness (QED) is 0.287. The van der Waals surface area contributed by atoms with Crippen LogP contribution in [-0.4, -0.2) is 35.8 Å². The normalized spacial score (nSPS) is 12.0. The van der Waals surface area contributed by atoms with Crippen LogP contribution in [0.2, 0.25) is 33.5 Å². The fourth-order valence-corrected chi connectivity index (χ4v) is 13.2. The predicted molar refractivity (Wildman–Crippen MR) is 120 cm³/mol. The molecule has 27 heavy (non-hydrogen) atoms. The van der Waals surface area contributed by atoms with E-state index in [1.54, 1.807) is 0 Å². The van der Waals surface area contributed by atoms with Crippen molar-refractivity contribution >= 4 is 35.8 Å². The van der Waals surface area contributed by atoms with Crippen LogP contribution in [0.5, 0.6) is 0 Å². The fraction of sp³-hybridized carbons (Fsp3) is 0.391. The summed E-state index contributed by atoms with van der Waals surface area (Å²) in [5.41, 5.74) is 1.76. The first-order valence-electron chi connectivity index (χ1n) is 9.94. The van der Waals surface area contributed by atoms with E-state index in [0.29, 0.717) is 9.23 Å². The second kappa shape index (κ2) is 9.88. The van der Waals surface area contributed by atoms with E-state index in [-0.39, 0.29) is 0 Å². The summed E-state index contributed by atoms with van der Waals surface area (Å²) in [5.74, 6) is 8.93. The van der Waals surface area contributed by atoms with E-state index in [4.69, 9.17) is 0 Å². The van der Waals surface area contributed by atoms with E-state index in [1.165, 1.54) is 0 Å². The first-order valence-corrected chi connectivity index (χ1v) is 23.4. The molecular weight excluding hydrogens is 453 g/mol. The first-order chi connectivity index (χ1) is 12.7. The molecule has 2 nitrogen and oxygen atoms in total. The van der Waals surface area contributed by atoms with E-state index in [2.05, 4.69) is 23.0 Å². The second-order valence-corrected chi connectivity index (χ2v) is 28.5. The number of unbranched alkanes of at least 4 members (excludes halogenated alkanes) is 2. The Kier molecular flexibility index (Phi) is 8.11. The molecule has 2 aromatic rings. The van der Waals surface area contributed by atoms with Crippen molar-refractivity contribution in [1.29, 1.82) is 0 Å². The molecule has 0 radical (unpaired) electrons. The molecule has 0 heterocycles. The van der Waals surface area contributed by atoms with E-state index >= 15 is 0 Å². The van der Waals surface area contributed by atoms with Crippen LogP contribution in [-0.2, 0) is 0 Å². The molecule has 144 valence electrons. The van der Waals surface area contributed by atoms with E-state index < -0.39 is 26.5 Å². The number of benzene rings is 2. The summed E-state index contributed by atoms with van der Waals surface area (Å²) in [6.45, 7) is 0. The van der Waals surface area contributed by atoms with Gasteiger partial charge in [0.2, 0.25) is 0 Å². The molecule has 0 spiro atoms. The molecule has 0 aliphatic carbocycles. The second-order valence-electron chi connectivity index (χ2n) is 8.72. The standard InChI is InChI=1S/C23H32Ge2O2/c1-24(2,22(26)20-14-8-5-9-15-20)18-12-7-13-19-25(3,4)23(27)21-16-10-6-11-17-21/h5-6,8-11,14-17H,7,12-13,18-19H2,1-4H3. The molecule has 0 fully saturated rings. The van der Waals surface area contributed by atoms with Gasteiger partial charge in [-0.15, -0.1) is 0 Å². The zero-order chi connectivity index (χ0) is 19.9. The van der Waals surface area contributed by atoms with Crippen molar-refractivity contribution in [2.75, 3.05) is 0 Å². The molecular formula is C23H32Ge2O2. The average Bonchev–Trinajstić information content (AvgIpc) is 2.67. The third-order valence-corrected chi connectivity index (χ3v) is 18.5. The maximum atomic E-state index is 12.8. The fourth-order valence-electron chi connectivity index (χ4n) is 3.50. The van der Waals surface area contributed by atoms with Crippen LogP contribution >= 0.6 is 0 Å². The molecule has 2 rings (SSSR count). The van der Waals surface area contributed by atoms with E-state index in [9.17, 15) is 9.59 Å². The third kappa shape index (κ3) is 6.46. The van der Waals surface area contributed by atoms with Gasteiger partial charge in [0.05, 0.1) is 0 Å². The number of carbonyl (C=O) groups excluding carboxylic acids is 2. The van der Waals surface area contributed by atoms with Crippen LogP contribution in [0.15, 0.2) is 60.7 Å². The van der Waals surface area contributed by atoms with Gasteiger partial charge in [-0.2, -0.15) is 0 Å². The van der Waals surface area contributed by atoms with Gasteiger partial charge in [0, 0.05) is 0 Å². The summed E-state index contributed by atoms with van der Waals surface area (Å²) in [7, 11) is 0. The number of hydrogen-bond acceptors (Lipinski definition) is 2. The SMILES string of the molecule is [CH3][Ge]([CH3])([CH2]CCC[CH2][Ge]([CH3])([CH3])[C](=O)c1ccccc1)[C](=O)c1ccccc1. The molecule has 0 unspecified atom stereocenters. The van der Waals surface area contributed by atoms with Gasteiger partial charge in [-0.05, 0) is 0 Å². The van der Waals surface area contributed by atoms with Gasteiger partial charge in [0.1, 0.15) is 0 Å². The number of hydrogen-bond donors (Lipinski definition) is 0. The van der Waals surface area contributed by atoms with Crippen LogP contribution in [0.1, 0.15) is 40.0 Å². The Balaban J connectivity index is 1.79. The van der Waals surface area contributed by atoms with E-state index in [0.717, 1.165) is 40.9 Å². The van der Waals surface area contributed by atoms with Gasteiger partial charge in [0.25, 0.3) is 0 Å².